The van der Waals surface area contributed by atoms with Gasteiger partial charge in [0.2, 0.25) is 0 Å². The first-order chi connectivity index (χ1) is 8.02. The van der Waals surface area contributed by atoms with Crippen molar-refractivity contribution in [3.8, 4) is 0 Å². The first-order valence-corrected chi connectivity index (χ1v) is 5.99. The van der Waals surface area contributed by atoms with Gasteiger partial charge < -0.3 is 9.47 Å². The Morgan fingerprint density at radius 2 is 1.82 bits per heavy atom. The van der Waals surface area contributed by atoms with Gasteiger partial charge in [-0.15, -0.1) is 0 Å². The molecular weight excluding hydrogens is 220 g/mol. The van der Waals surface area contributed by atoms with Crippen LogP contribution >= 0.6 is 0 Å². The third-order valence-corrected chi connectivity index (χ3v) is 2.08. The van der Waals surface area contributed by atoms with Gasteiger partial charge in [-0.1, -0.05) is 6.08 Å². The number of carbonyl (C=O) groups excluding carboxylic acids is 2. The highest BCUT2D eigenvalue weighted by Gasteiger charge is 1.98. The van der Waals surface area contributed by atoms with Gasteiger partial charge in [-0.2, -0.15) is 0 Å². The molecule has 17 heavy (non-hydrogen) atoms. The van der Waals surface area contributed by atoms with Crippen molar-refractivity contribution < 1.29 is 19.1 Å². The van der Waals surface area contributed by atoms with E-state index in [-0.39, 0.29) is 18.0 Å². The van der Waals surface area contributed by atoms with Crippen LogP contribution in [0.5, 0.6) is 0 Å². The maximum Gasteiger partial charge on any atom is 0.303 e. The van der Waals surface area contributed by atoms with Gasteiger partial charge in [0.15, 0.2) is 0 Å². The molecule has 0 bridgehead atoms. The molecule has 1 unspecified atom stereocenters. The highest BCUT2D eigenvalue weighted by Crippen LogP contribution is 2.03. The minimum atomic E-state index is -0.261. The summed E-state index contributed by atoms with van der Waals surface area (Å²) < 4.78 is 9.75. The van der Waals surface area contributed by atoms with E-state index in [4.69, 9.17) is 9.47 Å². The van der Waals surface area contributed by atoms with Crippen LogP contribution < -0.4 is 0 Å². The van der Waals surface area contributed by atoms with Crippen LogP contribution in [-0.2, 0) is 19.1 Å². The maximum atomic E-state index is 10.6. The minimum absolute atomic E-state index is 0.159. The third-order valence-electron chi connectivity index (χ3n) is 2.08. The van der Waals surface area contributed by atoms with E-state index in [0.717, 1.165) is 25.7 Å². The van der Waals surface area contributed by atoms with Crippen molar-refractivity contribution in [2.24, 2.45) is 0 Å². The van der Waals surface area contributed by atoms with Crippen molar-refractivity contribution >= 4 is 11.9 Å². The second-order valence-electron chi connectivity index (χ2n) is 3.93. The second-order valence-corrected chi connectivity index (χ2v) is 3.93. The molecule has 1 atom stereocenters. The van der Waals surface area contributed by atoms with Crippen molar-refractivity contribution in [3.05, 3.63) is 12.2 Å². The first-order valence-electron chi connectivity index (χ1n) is 5.99. The molecule has 0 aromatic heterocycles. The summed E-state index contributed by atoms with van der Waals surface area (Å²) in [5.41, 5.74) is 0. The quantitative estimate of drug-likeness (QED) is 0.373. The van der Waals surface area contributed by atoms with E-state index in [2.05, 4.69) is 0 Å². The Kier molecular flexibility index (Phi) is 9.11. The monoisotopic (exact) mass is 242 g/mol. The van der Waals surface area contributed by atoms with Crippen LogP contribution in [0.25, 0.3) is 0 Å². The average molecular weight is 242 g/mol. The Morgan fingerprint density at radius 1 is 1.12 bits per heavy atom. The molecule has 0 aromatic rings. The Bertz CT molecular complexity index is 258. The molecule has 0 aliphatic heterocycles. The molecule has 0 spiro atoms. The fraction of sp³-hybridized carbons (Fsp3) is 0.692. The molecule has 4 heteroatoms. The van der Waals surface area contributed by atoms with E-state index in [1.54, 1.807) is 0 Å². The number of rotatable bonds is 8. The van der Waals surface area contributed by atoms with Crippen LogP contribution in [0.3, 0.4) is 0 Å². The molecule has 0 saturated carbocycles. The fourth-order valence-corrected chi connectivity index (χ4v) is 1.35. The molecule has 0 radical (unpaired) electrons. The summed E-state index contributed by atoms with van der Waals surface area (Å²) in [5.74, 6) is -0.483. The smallest absolute Gasteiger partial charge is 0.303 e. The summed E-state index contributed by atoms with van der Waals surface area (Å²) in [7, 11) is 0. The molecule has 0 saturated heterocycles. The maximum absolute atomic E-state index is 10.6. The van der Waals surface area contributed by atoms with Crippen molar-refractivity contribution in [1.29, 1.82) is 0 Å². The van der Waals surface area contributed by atoms with Crippen LogP contribution in [0, 0.1) is 0 Å². The summed E-state index contributed by atoms with van der Waals surface area (Å²) in [6, 6.07) is 0. The molecule has 0 N–H and O–H groups in total. The SMILES string of the molecule is CC(=O)OCCCCC/C=C/C(C)OC(C)=O. The molecule has 0 heterocycles. The fourth-order valence-electron chi connectivity index (χ4n) is 1.35. The largest absolute Gasteiger partial charge is 0.466 e. The number of ether oxygens (including phenoxy) is 2. The predicted molar refractivity (Wildman–Crippen MR) is 65.5 cm³/mol. The standard InChI is InChI=1S/C13H22O4/c1-11(17-13(3)15)9-7-5-4-6-8-10-16-12(2)14/h7,9,11H,4-6,8,10H2,1-3H3/b9-7+. The Balaban J connectivity index is 3.35. The zero-order valence-electron chi connectivity index (χ0n) is 10.9. The van der Waals surface area contributed by atoms with Crippen LogP contribution in [0.1, 0.15) is 46.5 Å². The molecule has 0 aliphatic rings. The number of hydrogen-bond acceptors (Lipinski definition) is 4. The summed E-state index contributed by atoms with van der Waals surface area (Å²) in [6.45, 7) is 5.15. The van der Waals surface area contributed by atoms with Crippen molar-refractivity contribution in [2.75, 3.05) is 6.61 Å². The van der Waals surface area contributed by atoms with Gasteiger partial charge in [-0.05, 0) is 38.7 Å². The summed E-state index contributed by atoms with van der Waals surface area (Å²) in [4.78, 5) is 21.1. The van der Waals surface area contributed by atoms with Crippen molar-refractivity contribution in [3.63, 3.8) is 0 Å². The number of hydrogen-bond donors (Lipinski definition) is 0. The summed E-state index contributed by atoms with van der Waals surface area (Å²) >= 11 is 0. The normalized spacial score (nSPS) is 12.4. The molecule has 0 fully saturated rings. The highest BCUT2D eigenvalue weighted by atomic mass is 16.5. The third kappa shape index (κ3) is 12.6. The Hall–Kier alpha value is -1.32. The average Bonchev–Trinajstić information content (AvgIpc) is 2.20. The van der Waals surface area contributed by atoms with Gasteiger partial charge in [0.25, 0.3) is 0 Å². The van der Waals surface area contributed by atoms with Crippen LogP contribution in [-0.4, -0.2) is 24.6 Å². The lowest BCUT2D eigenvalue weighted by atomic mass is 10.2. The van der Waals surface area contributed by atoms with E-state index < -0.39 is 0 Å². The second kappa shape index (κ2) is 9.87. The van der Waals surface area contributed by atoms with Crippen molar-refractivity contribution in [2.45, 2.75) is 52.6 Å². The molecule has 0 aromatic carbocycles. The topological polar surface area (TPSA) is 52.6 Å². The van der Waals surface area contributed by atoms with Gasteiger partial charge in [0.1, 0.15) is 6.10 Å². The van der Waals surface area contributed by atoms with Gasteiger partial charge in [-0.25, -0.2) is 0 Å². The van der Waals surface area contributed by atoms with Crippen LogP contribution in [0.15, 0.2) is 12.2 Å². The van der Waals surface area contributed by atoms with E-state index in [0.29, 0.717) is 6.61 Å². The van der Waals surface area contributed by atoms with E-state index in [1.807, 2.05) is 19.1 Å². The van der Waals surface area contributed by atoms with E-state index in [9.17, 15) is 9.59 Å². The van der Waals surface area contributed by atoms with Crippen molar-refractivity contribution in [1.82, 2.24) is 0 Å². The zero-order valence-corrected chi connectivity index (χ0v) is 10.9. The Labute approximate surface area is 103 Å². The van der Waals surface area contributed by atoms with Crippen LogP contribution in [0.2, 0.25) is 0 Å². The molecule has 0 rings (SSSR count). The number of carbonyl (C=O) groups is 2. The molecule has 0 amide bonds. The van der Waals surface area contributed by atoms with E-state index in [1.165, 1.54) is 13.8 Å². The summed E-state index contributed by atoms with van der Waals surface area (Å²) in [5, 5.41) is 0. The van der Waals surface area contributed by atoms with Gasteiger partial charge in [0, 0.05) is 13.8 Å². The molecule has 0 aliphatic carbocycles. The number of unbranched alkanes of at least 4 members (excludes halogenated alkanes) is 3. The lowest BCUT2D eigenvalue weighted by molar-refractivity contribution is -0.143. The predicted octanol–water partition coefficient (Wildman–Crippen LogP) is 2.62. The van der Waals surface area contributed by atoms with E-state index >= 15 is 0 Å². The highest BCUT2D eigenvalue weighted by molar-refractivity contribution is 5.66. The van der Waals surface area contributed by atoms with Crippen LogP contribution in [0.4, 0.5) is 0 Å². The van der Waals surface area contributed by atoms with Gasteiger partial charge >= 0.3 is 11.9 Å². The molecular formula is C13H22O4. The number of allylic oxidation sites excluding steroid dienone is 1. The lowest BCUT2D eigenvalue weighted by Crippen LogP contribution is -2.08. The summed E-state index contributed by atoms with van der Waals surface area (Å²) in [6.07, 6.45) is 7.66. The van der Waals surface area contributed by atoms with Gasteiger partial charge in [0.05, 0.1) is 6.61 Å². The Morgan fingerprint density at radius 3 is 2.41 bits per heavy atom. The lowest BCUT2D eigenvalue weighted by Gasteiger charge is -2.05. The first kappa shape index (κ1) is 15.7. The van der Waals surface area contributed by atoms with Gasteiger partial charge in [-0.3, -0.25) is 9.59 Å². The number of esters is 2. The minimum Gasteiger partial charge on any atom is -0.466 e. The zero-order chi connectivity index (χ0) is 13.1. The molecule has 98 valence electrons. The molecule has 4 nitrogen and oxygen atoms in total.